The number of primary amides is 1. The van der Waals surface area contributed by atoms with Crippen molar-refractivity contribution in [3.8, 4) is 0 Å². The second-order valence-corrected chi connectivity index (χ2v) is 12.2. The second kappa shape index (κ2) is 9.23. The molecule has 6 atom stereocenters. The number of piperidine rings is 1. The van der Waals surface area contributed by atoms with Gasteiger partial charge in [-0.05, 0) is 35.5 Å². The van der Waals surface area contributed by atoms with Gasteiger partial charge in [0.2, 0.25) is 17.7 Å². The number of aromatic nitrogens is 3. The van der Waals surface area contributed by atoms with E-state index in [9.17, 15) is 32.3 Å². The van der Waals surface area contributed by atoms with E-state index in [0.29, 0.717) is 18.8 Å². The molecule has 14 heteroatoms. The molecule has 2 aliphatic heterocycles. The molecule has 1 saturated carbocycles. The smallest absolute Gasteiger partial charge is 0.368 e. The molecule has 1 aliphatic carbocycles. The van der Waals surface area contributed by atoms with Crippen LogP contribution in [0, 0.1) is 22.7 Å². The summed E-state index contributed by atoms with van der Waals surface area (Å²) >= 11 is 0. The number of rotatable bonds is 7. The zero-order valence-electron chi connectivity index (χ0n) is 22.0. The Morgan fingerprint density at radius 3 is 2.42 bits per heavy atom. The number of nitrogens with one attached hydrogen (secondary N) is 2. The Labute approximate surface area is 218 Å². The van der Waals surface area contributed by atoms with Crippen LogP contribution < -0.4 is 16.4 Å². The molecule has 3 heterocycles. The third-order valence-corrected chi connectivity index (χ3v) is 8.32. The van der Waals surface area contributed by atoms with E-state index in [1.807, 2.05) is 23.7 Å². The summed E-state index contributed by atoms with van der Waals surface area (Å²) in [6.45, 7) is 9.33. The van der Waals surface area contributed by atoms with Crippen molar-refractivity contribution in [1.82, 2.24) is 30.3 Å². The molecule has 4 rings (SSSR count). The topological polar surface area (TPSA) is 152 Å². The van der Waals surface area contributed by atoms with Crippen molar-refractivity contribution in [3.63, 3.8) is 0 Å². The quantitative estimate of drug-likeness (QED) is 0.462. The van der Waals surface area contributed by atoms with Crippen molar-refractivity contribution in [3.05, 3.63) is 12.2 Å². The summed E-state index contributed by atoms with van der Waals surface area (Å²) in [6.07, 6.45) is -2.69. The number of carbonyl (C=O) groups is 4. The summed E-state index contributed by atoms with van der Waals surface area (Å²) in [5.41, 5.74) is 4.26. The van der Waals surface area contributed by atoms with Crippen LogP contribution in [0.2, 0.25) is 0 Å². The maximum atomic E-state index is 13.6. The fourth-order valence-corrected chi connectivity index (χ4v) is 6.03. The van der Waals surface area contributed by atoms with Crippen LogP contribution >= 0.6 is 0 Å². The Balaban J connectivity index is 1.55. The van der Waals surface area contributed by atoms with Crippen molar-refractivity contribution < 1.29 is 32.3 Å². The molecule has 210 valence electrons. The molecule has 1 saturated heterocycles. The second-order valence-electron chi connectivity index (χ2n) is 12.2. The van der Waals surface area contributed by atoms with E-state index in [-0.39, 0.29) is 36.1 Å². The van der Waals surface area contributed by atoms with Crippen LogP contribution in [-0.4, -0.2) is 74.1 Å². The number of likely N-dealkylation sites (tertiary alicyclic amines) is 1. The number of aryl methyl sites for hydroxylation is 1. The number of fused-ring (bicyclic) bond motifs is 2. The van der Waals surface area contributed by atoms with E-state index < -0.39 is 53.3 Å². The monoisotopic (exact) mass is 541 g/mol. The minimum absolute atomic E-state index is 0.0541. The number of amides is 4. The number of nitrogens with zero attached hydrogens (tertiary/aromatic N) is 4. The Kier molecular flexibility index (Phi) is 6.76. The molecule has 4 amide bonds. The van der Waals surface area contributed by atoms with Gasteiger partial charge < -0.3 is 25.8 Å². The minimum Gasteiger partial charge on any atom is -0.368 e. The van der Waals surface area contributed by atoms with Crippen LogP contribution in [0.3, 0.4) is 0 Å². The first kappa shape index (κ1) is 27.8. The van der Waals surface area contributed by atoms with Crippen LogP contribution in [0.5, 0.6) is 0 Å². The molecule has 11 nitrogen and oxygen atoms in total. The van der Waals surface area contributed by atoms with E-state index >= 15 is 0 Å². The Hall–Kier alpha value is -3.19. The third kappa shape index (κ3) is 4.96. The number of hydrogen-bond acceptors (Lipinski definition) is 6. The van der Waals surface area contributed by atoms with Crippen molar-refractivity contribution in [2.24, 2.45) is 28.4 Å². The zero-order chi connectivity index (χ0) is 28.4. The summed E-state index contributed by atoms with van der Waals surface area (Å²) in [5.74, 6) is -4.12. The lowest BCUT2D eigenvalue weighted by Crippen LogP contribution is -2.61. The lowest BCUT2D eigenvalue weighted by molar-refractivity contribution is -0.176. The zero-order valence-corrected chi connectivity index (χ0v) is 22.0. The first-order valence-corrected chi connectivity index (χ1v) is 12.6. The Morgan fingerprint density at radius 2 is 1.84 bits per heavy atom. The van der Waals surface area contributed by atoms with Gasteiger partial charge in [0.25, 0.3) is 0 Å². The molecule has 0 radical (unpaired) electrons. The predicted molar refractivity (Wildman–Crippen MR) is 127 cm³/mol. The summed E-state index contributed by atoms with van der Waals surface area (Å²) < 4.78 is 40.9. The fraction of sp³-hybridized carbons (Fsp3) is 0.750. The van der Waals surface area contributed by atoms with Crippen molar-refractivity contribution >= 4 is 23.6 Å². The lowest BCUT2D eigenvalue weighted by Gasteiger charge is -2.38. The van der Waals surface area contributed by atoms with Crippen molar-refractivity contribution in [2.45, 2.75) is 84.2 Å². The summed E-state index contributed by atoms with van der Waals surface area (Å²) in [7, 11) is 0. The van der Waals surface area contributed by atoms with Crippen LogP contribution in [0.25, 0.3) is 0 Å². The molecule has 3 aliphatic rings. The standard InChI is InChI=1S/C24H34F3N7O4/c1-22(2,3)16(31-21(38)24(25,26)27)20(37)34-9-12-14(23(12,4)5)15(34)19(36)30-13(17(28)35)8-11-6-7-33-10-29-32-18(11)33/h10-16H,6-9H2,1-5H3,(H2,28,35)(H,30,36)(H,31,38)/t11-,12-,13-,14-,15-,16+/m0/s1. The molecule has 0 bridgehead atoms. The van der Waals surface area contributed by atoms with E-state index in [4.69, 9.17) is 5.73 Å². The van der Waals surface area contributed by atoms with Crippen LogP contribution in [-0.2, 0) is 25.7 Å². The largest absolute Gasteiger partial charge is 0.471 e. The van der Waals surface area contributed by atoms with E-state index in [1.54, 1.807) is 6.33 Å². The molecule has 0 spiro atoms. The molecular weight excluding hydrogens is 507 g/mol. The highest BCUT2D eigenvalue weighted by Crippen LogP contribution is 2.65. The van der Waals surface area contributed by atoms with Gasteiger partial charge in [-0.1, -0.05) is 34.6 Å². The number of alkyl halides is 3. The summed E-state index contributed by atoms with van der Waals surface area (Å²) in [4.78, 5) is 52.5. The first-order valence-electron chi connectivity index (χ1n) is 12.6. The number of carbonyl (C=O) groups excluding carboxylic acids is 4. The number of nitrogens with two attached hydrogens (primary N) is 1. The SMILES string of the molecule is CC(C)(C)[C@H](NC(=O)C(F)(F)F)C(=O)N1C[C@H]2[C@@H]([C@H]1C(=O)N[C@@H](C[C@@H]1CCn3cnnc31)C(N)=O)C2(C)C. The van der Waals surface area contributed by atoms with Gasteiger partial charge in [0.15, 0.2) is 0 Å². The van der Waals surface area contributed by atoms with Gasteiger partial charge in [0.05, 0.1) is 0 Å². The minimum atomic E-state index is -5.17. The fourth-order valence-electron chi connectivity index (χ4n) is 6.03. The van der Waals surface area contributed by atoms with Crippen molar-refractivity contribution in [2.75, 3.05) is 6.54 Å². The Bertz CT molecular complexity index is 1140. The Morgan fingerprint density at radius 1 is 1.18 bits per heavy atom. The highest BCUT2D eigenvalue weighted by Gasteiger charge is 2.70. The third-order valence-electron chi connectivity index (χ3n) is 8.32. The average Bonchev–Trinajstić information content (AvgIpc) is 3.29. The molecule has 4 N–H and O–H groups in total. The van der Waals surface area contributed by atoms with Gasteiger partial charge in [-0.25, -0.2) is 0 Å². The molecule has 38 heavy (non-hydrogen) atoms. The van der Waals surface area contributed by atoms with Gasteiger partial charge >= 0.3 is 12.1 Å². The maximum Gasteiger partial charge on any atom is 0.471 e. The molecule has 0 unspecified atom stereocenters. The summed E-state index contributed by atoms with van der Waals surface area (Å²) in [6, 6.07) is -3.59. The first-order chi connectivity index (χ1) is 17.4. The van der Waals surface area contributed by atoms with Gasteiger partial charge in [0, 0.05) is 19.0 Å². The maximum absolute atomic E-state index is 13.6. The van der Waals surface area contributed by atoms with Crippen LogP contribution in [0.15, 0.2) is 6.33 Å². The van der Waals surface area contributed by atoms with Crippen LogP contribution in [0.4, 0.5) is 13.2 Å². The van der Waals surface area contributed by atoms with E-state index in [0.717, 1.165) is 0 Å². The molecule has 1 aromatic heterocycles. The van der Waals surface area contributed by atoms with E-state index in [2.05, 4.69) is 15.5 Å². The molecule has 0 aromatic carbocycles. The van der Waals surface area contributed by atoms with E-state index in [1.165, 1.54) is 25.7 Å². The average molecular weight is 542 g/mol. The highest BCUT2D eigenvalue weighted by atomic mass is 19.4. The number of halogens is 3. The molecule has 2 fully saturated rings. The molecular formula is C24H34F3N7O4. The lowest BCUT2D eigenvalue weighted by atomic mass is 9.85. The van der Waals surface area contributed by atoms with Gasteiger partial charge in [-0.15, -0.1) is 10.2 Å². The van der Waals surface area contributed by atoms with Crippen LogP contribution in [0.1, 0.15) is 59.2 Å². The van der Waals surface area contributed by atoms with Gasteiger partial charge in [0.1, 0.15) is 30.3 Å². The molecule has 1 aromatic rings. The highest BCUT2D eigenvalue weighted by molar-refractivity contribution is 5.96. The summed E-state index contributed by atoms with van der Waals surface area (Å²) in [5, 5.41) is 12.5. The number of hydrogen-bond donors (Lipinski definition) is 3. The van der Waals surface area contributed by atoms with Gasteiger partial charge in [-0.2, -0.15) is 13.2 Å². The normalized spacial score (nSPS) is 27.2. The predicted octanol–water partition coefficient (Wildman–Crippen LogP) is 0.702. The van der Waals surface area contributed by atoms with Gasteiger partial charge in [-0.3, -0.25) is 19.2 Å². The van der Waals surface area contributed by atoms with Crippen molar-refractivity contribution in [1.29, 1.82) is 0 Å².